The van der Waals surface area contributed by atoms with Crippen molar-refractivity contribution in [3.8, 4) is 17.2 Å². The van der Waals surface area contributed by atoms with Crippen LogP contribution in [0.4, 0.5) is 0 Å². The summed E-state index contributed by atoms with van der Waals surface area (Å²) in [4.78, 5) is 0. The first-order chi connectivity index (χ1) is 11.8. The molecule has 8 heteroatoms. The molecule has 0 aliphatic rings. The molecular weight excluding hydrogens is 348 g/mol. The Kier molecular flexibility index (Phi) is 4.10. The van der Waals surface area contributed by atoms with Crippen molar-refractivity contribution < 1.29 is 8.94 Å². The van der Waals surface area contributed by atoms with Gasteiger partial charge < -0.3 is 8.94 Å². The van der Waals surface area contributed by atoms with Gasteiger partial charge in [0.05, 0.1) is 17.6 Å². The van der Waals surface area contributed by atoms with Gasteiger partial charge in [0.25, 0.3) is 0 Å². The average Bonchev–Trinajstić information content (AvgIpc) is 3.33. The van der Waals surface area contributed by atoms with Gasteiger partial charge in [-0.25, -0.2) is 0 Å². The van der Waals surface area contributed by atoms with Gasteiger partial charge in [-0.05, 0) is 30.3 Å². The predicted molar refractivity (Wildman–Crippen MR) is 90.1 cm³/mol. The standard InChI is InChI=1S/C16H11ClN4O2S/c17-11-3-1-4-13(7-11)21-10-18-19-16(21)24-9-12-8-15(23-20-12)14-5-2-6-22-14/h1-8,10H,9H2. The Labute approximate surface area is 146 Å². The molecule has 24 heavy (non-hydrogen) atoms. The number of furan rings is 1. The van der Waals surface area contributed by atoms with Crippen LogP contribution in [-0.4, -0.2) is 19.9 Å². The summed E-state index contributed by atoms with van der Waals surface area (Å²) in [7, 11) is 0. The summed E-state index contributed by atoms with van der Waals surface area (Å²) in [5.41, 5.74) is 1.71. The molecule has 0 saturated heterocycles. The first kappa shape index (κ1) is 15.0. The maximum atomic E-state index is 6.05. The Morgan fingerprint density at radius 1 is 1.12 bits per heavy atom. The number of thioether (sulfide) groups is 1. The van der Waals surface area contributed by atoms with Crippen LogP contribution in [0.5, 0.6) is 0 Å². The third-order valence-corrected chi connectivity index (χ3v) is 4.49. The lowest BCUT2D eigenvalue weighted by Gasteiger charge is -2.05. The minimum Gasteiger partial charge on any atom is -0.461 e. The van der Waals surface area contributed by atoms with E-state index in [1.54, 1.807) is 18.7 Å². The maximum Gasteiger partial charge on any atom is 0.202 e. The molecule has 0 saturated carbocycles. The molecule has 0 N–H and O–H groups in total. The van der Waals surface area contributed by atoms with Crippen molar-refractivity contribution in [2.24, 2.45) is 0 Å². The molecular formula is C16H11ClN4O2S. The number of hydrogen-bond acceptors (Lipinski definition) is 6. The zero-order valence-corrected chi connectivity index (χ0v) is 13.9. The largest absolute Gasteiger partial charge is 0.461 e. The topological polar surface area (TPSA) is 69.9 Å². The second-order valence-corrected chi connectivity index (χ2v) is 6.29. The lowest BCUT2D eigenvalue weighted by atomic mass is 10.3. The highest BCUT2D eigenvalue weighted by Crippen LogP contribution is 2.26. The van der Waals surface area contributed by atoms with Crippen molar-refractivity contribution in [3.05, 3.63) is 65.8 Å². The van der Waals surface area contributed by atoms with Crippen molar-refractivity contribution >= 4 is 23.4 Å². The Morgan fingerprint density at radius 3 is 2.92 bits per heavy atom. The van der Waals surface area contributed by atoms with E-state index >= 15 is 0 Å². The lowest BCUT2D eigenvalue weighted by Crippen LogP contribution is -1.95. The summed E-state index contributed by atoms with van der Waals surface area (Å²) in [6, 6.07) is 13.0. The monoisotopic (exact) mass is 358 g/mol. The van der Waals surface area contributed by atoms with Crippen molar-refractivity contribution in [3.63, 3.8) is 0 Å². The molecule has 0 aliphatic heterocycles. The number of aromatic nitrogens is 4. The van der Waals surface area contributed by atoms with Gasteiger partial charge in [0.2, 0.25) is 5.76 Å². The zero-order valence-electron chi connectivity index (χ0n) is 12.3. The van der Waals surface area contributed by atoms with Gasteiger partial charge in [-0.15, -0.1) is 10.2 Å². The molecule has 0 unspecified atom stereocenters. The molecule has 0 aliphatic carbocycles. The van der Waals surface area contributed by atoms with Gasteiger partial charge in [-0.1, -0.05) is 34.6 Å². The molecule has 3 heterocycles. The van der Waals surface area contributed by atoms with Crippen LogP contribution in [-0.2, 0) is 5.75 Å². The van der Waals surface area contributed by atoms with E-state index in [-0.39, 0.29) is 0 Å². The number of nitrogens with zero attached hydrogens (tertiary/aromatic N) is 4. The van der Waals surface area contributed by atoms with E-state index in [1.807, 2.05) is 41.0 Å². The summed E-state index contributed by atoms with van der Waals surface area (Å²) < 4.78 is 12.5. The van der Waals surface area contributed by atoms with Gasteiger partial charge in [-0.3, -0.25) is 4.57 Å². The van der Waals surface area contributed by atoms with Crippen LogP contribution in [0.15, 0.2) is 69.2 Å². The van der Waals surface area contributed by atoms with Crippen LogP contribution in [0.2, 0.25) is 5.02 Å². The van der Waals surface area contributed by atoms with Crippen molar-refractivity contribution in [1.82, 2.24) is 19.9 Å². The van der Waals surface area contributed by atoms with Crippen LogP contribution < -0.4 is 0 Å². The Morgan fingerprint density at radius 2 is 2.08 bits per heavy atom. The molecule has 1 aromatic carbocycles. The first-order valence-corrected chi connectivity index (χ1v) is 8.44. The van der Waals surface area contributed by atoms with Crippen LogP contribution in [0.3, 0.4) is 0 Å². The molecule has 0 bridgehead atoms. The molecule has 6 nitrogen and oxygen atoms in total. The van der Waals surface area contributed by atoms with E-state index < -0.39 is 0 Å². The van der Waals surface area contributed by atoms with Crippen LogP contribution in [0.25, 0.3) is 17.2 Å². The second-order valence-electron chi connectivity index (χ2n) is 4.91. The van der Waals surface area contributed by atoms with E-state index in [0.717, 1.165) is 16.5 Å². The van der Waals surface area contributed by atoms with E-state index in [2.05, 4.69) is 15.4 Å². The summed E-state index contributed by atoms with van der Waals surface area (Å²) in [5.74, 6) is 1.86. The molecule has 4 aromatic rings. The highest BCUT2D eigenvalue weighted by molar-refractivity contribution is 7.98. The molecule has 0 atom stereocenters. The minimum atomic E-state index is 0.601. The third kappa shape index (κ3) is 3.08. The number of hydrogen-bond donors (Lipinski definition) is 0. The molecule has 4 rings (SSSR count). The normalized spacial score (nSPS) is 11.0. The Balaban J connectivity index is 1.50. The van der Waals surface area contributed by atoms with E-state index in [0.29, 0.717) is 22.3 Å². The fraction of sp³-hybridized carbons (Fsp3) is 0.0625. The zero-order chi connectivity index (χ0) is 16.4. The van der Waals surface area contributed by atoms with Crippen molar-refractivity contribution in [2.75, 3.05) is 0 Å². The summed E-state index contributed by atoms with van der Waals surface area (Å²) in [6.07, 6.45) is 3.25. The highest BCUT2D eigenvalue weighted by atomic mass is 35.5. The first-order valence-electron chi connectivity index (χ1n) is 7.08. The molecule has 0 amide bonds. The minimum absolute atomic E-state index is 0.601. The average molecular weight is 359 g/mol. The summed E-state index contributed by atoms with van der Waals surface area (Å²) in [6.45, 7) is 0. The Hall–Kier alpha value is -2.51. The van der Waals surface area contributed by atoms with Gasteiger partial charge in [0, 0.05) is 16.8 Å². The fourth-order valence-corrected chi connectivity index (χ4v) is 3.17. The van der Waals surface area contributed by atoms with Crippen LogP contribution in [0.1, 0.15) is 5.69 Å². The summed E-state index contributed by atoms with van der Waals surface area (Å²) in [5, 5.41) is 13.6. The number of benzene rings is 1. The lowest BCUT2D eigenvalue weighted by molar-refractivity contribution is 0.413. The van der Waals surface area contributed by atoms with E-state index in [9.17, 15) is 0 Å². The predicted octanol–water partition coefficient (Wildman–Crippen LogP) is 4.46. The number of halogens is 1. The van der Waals surface area contributed by atoms with Crippen LogP contribution in [0, 0.1) is 0 Å². The maximum absolute atomic E-state index is 6.05. The van der Waals surface area contributed by atoms with Gasteiger partial charge in [0.1, 0.15) is 6.33 Å². The molecule has 120 valence electrons. The molecule has 3 aromatic heterocycles. The molecule has 0 fully saturated rings. The SMILES string of the molecule is Clc1cccc(-n2cnnc2SCc2cc(-c3ccco3)on2)c1. The van der Waals surface area contributed by atoms with Gasteiger partial charge in [0.15, 0.2) is 10.9 Å². The summed E-state index contributed by atoms with van der Waals surface area (Å²) >= 11 is 7.56. The second kappa shape index (κ2) is 6.54. The van der Waals surface area contributed by atoms with Crippen LogP contribution >= 0.6 is 23.4 Å². The van der Waals surface area contributed by atoms with Gasteiger partial charge >= 0.3 is 0 Å². The van der Waals surface area contributed by atoms with Gasteiger partial charge in [-0.2, -0.15) is 0 Å². The third-order valence-electron chi connectivity index (χ3n) is 3.27. The van der Waals surface area contributed by atoms with Crippen molar-refractivity contribution in [1.29, 1.82) is 0 Å². The fourth-order valence-electron chi connectivity index (χ4n) is 2.18. The van der Waals surface area contributed by atoms with E-state index in [4.69, 9.17) is 20.5 Å². The molecule has 0 radical (unpaired) electrons. The van der Waals surface area contributed by atoms with Crippen molar-refractivity contribution in [2.45, 2.75) is 10.9 Å². The van der Waals surface area contributed by atoms with E-state index in [1.165, 1.54) is 11.8 Å². The molecule has 0 spiro atoms. The Bertz CT molecular complexity index is 949. The highest BCUT2D eigenvalue weighted by Gasteiger charge is 2.12. The smallest absolute Gasteiger partial charge is 0.202 e. The quantitative estimate of drug-likeness (QED) is 0.490. The number of rotatable bonds is 5.